The number of piperazine rings is 1. The molecule has 2 aromatic carbocycles. The van der Waals surface area contributed by atoms with Gasteiger partial charge in [-0.15, -0.1) is 0 Å². The number of carbonyl (C=O) groups is 1. The number of ether oxygens (including phenoxy) is 1. The molecule has 0 aliphatic carbocycles. The zero-order chi connectivity index (χ0) is 18.5. The summed E-state index contributed by atoms with van der Waals surface area (Å²) >= 11 is 3.44. The Labute approximate surface area is 163 Å². The van der Waals surface area contributed by atoms with Crippen molar-refractivity contribution in [1.82, 2.24) is 4.90 Å². The minimum absolute atomic E-state index is 0.0289. The largest absolute Gasteiger partial charge is 0.495 e. The highest BCUT2D eigenvalue weighted by Gasteiger charge is 2.21. The Hall–Kier alpha value is -2.05. The minimum atomic E-state index is 0.0289. The number of hydrogen-bond donors (Lipinski definition) is 1. The minimum Gasteiger partial charge on any atom is -0.495 e. The molecule has 5 nitrogen and oxygen atoms in total. The van der Waals surface area contributed by atoms with Crippen molar-refractivity contribution >= 4 is 33.2 Å². The first kappa shape index (κ1) is 18.7. The predicted molar refractivity (Wildman–Crippen MR) is 109 cm³/mol. The maximum Gasteiger partial charge on any atom is 0.238 e. The van der Waals surface area contributed by atoms with E-state index in [-0.39, 0.29) is 5.91 Å². The van der Waals surface area contributed by atoms with Gasteiger partial charge >= 0.3 is 0 Å². The Morgan fingerprint density at radius 3 is 2.58 bits per heavy atom. The topological polar surface area (TPSA) is 44.8 Å². The smallest absolute Gasteiger partial charge is 0.238 e. The molecule has 0 saturated carbocycles. The van der Waals surface area contributed by atoms with E-state index in [1.165, 1.54) is 0 Å². The van der Waals surface area contributed by atoms with Crippen molar-refractivity contribution in [3.05, 3.63) is 52.5 Å². The molecule has 1 aliphatic heterocycles. The molecule has 1 amide bonds. The zero-order valence-electron chi connectivity index (χ0n) is 15.2. The molecule has 138 valence electrons. The van der Waals surface area contributed by atoms with Crippen LogP contribution in [0.3, 0.4) is 0 Å². The Morgan fingerprint density at radius 1 is 1.15 bits per heavy atom. The second kappa shape index (κ2) is 8.56. The van der Waals surface area contributed by atoms with Crippen molar-refractivity contribution in [3.63, 3.8) is 0 Å². The molecule has 1 saturated heterocycles. The number of rotatable bonds is 5. The van der Waals surface area contributed by atoms with Crippen LogP contribution in [0.15, 0.2) is 46.9 Å². The highest BCUT2D eigenvalue weighted by atomic mass is 79.9. The highest BCUT2D eigenvalue weighted by molar-refractivity contribution is 9.10. The van der Waals surface area contributed by atoms with Gasteiger partial charge in [0, 0.05) is 36.3 Å². The molecule has 26 heavy (non-hydrogen) atoms. The Balaban J connectivity index is 1.53. The number of para-hydroxylation sites is 2. The third-order valence-corrected chi connectivity index (χ3v) is 5.12. The molecule has 0 unspecified atom stereocenters. The van der Waals surface area contributed by atoms with Crippen LogP contribution in [0, 0.1) is 6.92 Å². The van der Waals surface area contributed by atoms with Crippen LogP contribution in [0.5, 0.6) is 5.75 Å². The van der Waals surface area contributed by atoms with Crippen molar-refractivity contribution in [2.75, 3.05) is 50.1 Å². The van der Waals surface area contributed by atoms with E-state index in [0.29, 0.717) is 6.54 Å². The van der Waals surface area contributed by atoms with Gasteiger partial charge in [0.2, 0.25) is 5.91 Å². The van der Waals surface area contributed by atoms with Crippen LogP contribution in [0.2, 0.25) is 0 Å². The van der Waals surface area contributed by atoms with E-state index >= 15 is 0 Å². The normalized spacial score (nSPS) is 15.0. The van der Waals surface area contributed by atoms with Crippen molar-refractivity contribution in [2.24, 2.45) is 0 Å². The number of hydrogen-bond acceptors (Lipinski definition) is 4. The Morgan fingerprint density at radius 2 is 1.88 bits per heavy atom. The fourth-order valence-corrected chi connectivity index (χ4v) is 3.67. The monoisotopic (exact) mass is 417 g/mol. The van der Waals surface area contributed by atoms with Gasteiger partial charge in [0.25, 0.3) is 0 Å². The van der Waals surface area contributed by atoms with E-state index in [4.69, 9.17) is 4.74 Å². The first-order valence-electron chi connectivity index (χ1n) is 8.73. The van der Waals surface area contributed by atoms with Gasteiger partial charge in [-0.1, -0.05) is 28.1 Å². The Kier molecular flexibility index (Phi) is 6.16. The van der Waals surface area contributed by atoms with Crippen LogP contribution in [0.1, 0.15) is 5.56 Å². The third-order valence-electron chi connectivity index (χ3n) is 4.63. The third kappa shape index (κ3) is 4.56. The summed E-state index contributed by atoms with van der Waals surface area (Å²) in [6, 6.07) is 13.9. The number of anilines is 2. The van der Waals surface area contributed by atoms with E-state index < -0.39 is 0 Å². The molecule has 3 rings (SSSR count). The quantitative estimate of drug-likeness (QED) is 0.807. The van der Waals surface area contributed by atoms with E-state index in [0.717, 1.165) is 53.3 Å². The highest BCUT2D eigenvalue weighted by Crippen LogP contribution is 2.28. The summed E-state index contributed by atoms with van der Waals surface area (Å²) in [5, 5.41) is 3.01. The summed E-state index contributed by atoms with van der Waals surface area (Å²) in [7, 11) is 1.70. The van der Waals surface area contributed by atoms with Crippen LogP contribution in [0.25, 0.3) is 0 Å². The van der Waals surface area contributed by atoms with Gasteiger partial charge in [0.15, 0.2) is 0 Å². The molecule has 1 N–H and O–H groups in total. The van der Waals surface area contributed by atoms with Gasteiger partial charge in [-0.05, 0) is 42.8 Å². The number of aryl methyl sites for hydroxylation is 1. The van der Waals surface area contributed by atoms with E-state index in [2.05, 4.69) is 37.1 Å². The molecule has 2 aromatic rings. The number of nitrogens with one attached hydrogen (secondary N) is 1. The average Bonchev–Trinajstić information content (AvgIpc) is 2.64. The summed E-state index contributed by atoms with van der Waals surface area (Å²) in [5.41, 5.74) is 3.03. The summed E-state index contributed by atoms with van der Waals surface area (Å²) in [6.07, 6.45) is 0. The number of amides is 1. The van der Waals surface area contributed by atoms with Gasteiger partial charge in [-0.2, -0.15) is 0 Å². The summed E-state index contributed by atoms with van der Waals surface area (Å²) in [5.74, 6) is 0.922. The lowest BCUT2D eigenvalue weighted by molar-refractivity contribution is -0.117. The number of methoxy groups -OCH3 is 1. The standard InChI is InChI=1S/C20H24BrN3O2/c1-15-13-16(21)7-8-17(15)22-20(25)14-23-9-11-24(12-10-23)18-5-3-4-6-19(18)26-2/h3-8,13H,9-12,14H2,1-2H3,(H,22,25). The molecule has 1 heterocycles. The molecular formula is C20H24BrN3O2. The number of nitrogens with zero attached hydrogens (tertiary/aromatic N) is 2. The number of carbonyl (C=O) groups excluding carboxylic acids is 1. The van der Waals surface area contributed by atoms with Crippen LogP contribution < -0.4 is 15.0 Å². The van der Waals surface area contributed by atoms with Gasteiger partial charge in [0.05, 0.1) is 19.3 Å². The molecule has 1 aliphatic rings. The molecular weight excluding hydrogens is 394 g/mol. The fourth-order valence-electron chi connectivity index (χ4n) is 3.20. The molecule has 0 aromatic heterocycles. The molecule has 0 bridgehead atoms. The van der Waals surface area contributed by atoms with E-state index in [1.807, 2.05) is 43.3 Å². The fraction of sp³-hybridized carbons (Fsp3) is 0.350. The van der Waals surface area contributed by atoms with Gasteiger partial charge < -0.3 is 15.0 Å². The maximum atomic E-state index is 12.4. The van der Waals surface area contributed by atoms with Crippen LogP contribution in [-0.4, -0.2) is 50.6 Å². The zero-order valence-corrected chi connectivity index (χ0v) is 16.8. The first-order valence-corrected chi connectivity index (χ1v) is 9.52. The lowest BCUT2D eigenvalue weighted by Crippen LogP contribution is -2.48. The molecule has 1 fully saturated rings. The lowest BCUT2D eigenvalue weighted by atomic mass is 10.2. The van der Waals surface area contributed by atoms with Crippen molar-refractivity contribution in [3.8, 4) is 5.75 Å². The van der Waals surface area contributed by atoms with Crippen LogP contribution in [-0.2, 0) is 4.79 Å². The first-order chi connectivity index (χ1) is 12.6. The predicted octanol–water partition coefficient (Wildman–Crippen LogP) is 3.53. The second-order valence-corrected chi connectivity index (χ2v) is 7.36. The molecule has 0 radical (unpaired) electrons. The van der Waals surface area contributed by atoms with E-state index in [1.54, 1.807) is 7.11 Å². The SMILES string of the molecule is COc1ccccc1N1CCN(CC(=O)Nc2ccc(Br)cc2C)CC1. The second-order valence-electron chi connectivity index (χ2n) is 6.44. The molecule has 0 spiro atoms. The van der Waals surface area contributed by atoms with E-state index in [9.17, 15) is 4.79 Å². The molecule has 6 heteroatoms. The number of halogens is 1. The van der Waals surface area contributed by atoms with Crippen LogP contribution in [0.4, 0.5) is 11.4 Å². The summed E-state index contributed by atoms with van der Waals surface area (Å²) in [4.78, 5) is 16.9. The van der Waals surface area contributed by atoms with Crippen molar-refractivity contribution in [1.29, 1.82) is 0 Å². The summed E-state index contributed by atoms with van der Waals surface area (Å²) in [6.45, 7) is 5.87. The van der Waals surface area contributed by atoms with Gasteiger partial charge in [-0.25, -0.2) is 0 Å². The number of benzene rings is 2. The van der Waals surface area contributed by atoms with Gasteiger partial charge in [-0.3, -0.25) is 9.69 Å². The Bertz CT molecular complexity index is 773. The van der Waals surface area contributed by atoms with Crippen molar-refractivity contribution in [2.45, 2.75) is 6.92 Å². The maximum absolute atomic E-state index is 12.4. The average molecular weight is 418 g/mol. The van der Waals surface area contributed by atoms with Gasteiger partial charge in [0.1, 0.15) is 5.75 Å². The lowest BCUT2D eigenvalue weighted by Gasteiger charge is -2.36. The van der Waals surface area contributed by atoms with Crippen LogP contribution >= 0.6 is 15.9 Å². The van der Waals surface area contributed by atoms with Crippen molar-refractivity contribution < 1.29 is 9.53 Å². The summed E-state index contributed by atoms with van der Waals surface area (Å²) < 4.78 is 6.47. The molecule has 0 atom stereocenters.